The molecule has 0 spiro atoms. The smallest absolute Gasteiger partial charge is 0.373 e. The third kappa shape index (κ3) is 2.82. The van der Waals surface area contributed by atoms with E-state index in [1.165, 1.54) is 6.07 Å². The molecule has 1 aromatic rings. The largest absolute Gasteiger partial charge is 0.416 e. The van der Waals surface area contributed by atoms with Crippen molar-refractivity contribution in [3.63, 3.8) is 0 Å². The molecule has 1 aromatic carbocycles. The maximum absolute atomic E-state index is 12.7. The fourth-order valence-corrected chi connectivity index (χ4v) is 2.80. The second-order valence-corrected chi connectivity index (χ2v) is 5.43. The summed E-state index contributed by atoms with van der Waals surface area (Å²) >= 11 is 0. The second-order valence-electron chi connectivity index (χ2n) is 5.43. The SMILES string of the molecule is Cc1cc(C(F)(F)F)ccc1C(NN)C1(C)CCCO1. The van der Waals surface area contributed by atoms with Crippen LogP contribution in [0.1, 0.15) is 42.5 Å². The molecule has 1 saturated heterocycles. The van der Waals surface area contributed by atoms with Crippen LogP contribution in [0.5, 0.6) is 0 Å². The molecule has 2 rings (SSSR count). The number of rotatable bonds is 3. The second kappa shape index (κ2) is 5.35. The minimum absolute atomic E-state index is 0.327. The highest BCUT2D eigenvalue weighted by Gasteiger charge is 2.40. The van der Waals surface area contributed by atoms with Gasteiger partial charge in [-0.25, -0.2) is 0 Å². The summed E-state index contributed by atoms with van der Waals surface area (Å²) in [5, 5.41) is 0. The molecule has 1 heterocycles. The molecule has 0 bridgehead atoms. The first-order valence-electron chi connectivity index (χ1n) is 6.56. The van der Waals surface area contributed by atoms with Gasteiger partial charge in [-0.3, -0.25) is 11.3 Å². The van der Waals surface area contributed by atoms with Crippen LogP contribution >= 0.6 is 0 Å². The van der Waals surface area contributed by atoms with Crippen LogP contribution in [0.15, 0.2) is 18.2 Å². The number of alkyl halides is 3. The quantitative estimate of drug-likeness (QED) is 0.663. The Labute approximate surface area is 116 Å². The summed E-state index contributed by atoms with van der Waals surface area (Å²) in [7, 11) is 0. The highest BCUT2D eigenvalue weighted by atomic mass is 19.4. The summed E-state index contributed by atoms with van der Waals surface area (Å²) in [6.45, 7) is 4.24. The fourth-order valence-electron chi connectivity index (χ4n) is 2.80. The monoisotopic (exact) mass is 288 g/mol. The zero-order valence-electron chi connectivity index (χ0n) is 11.6. The third-order valence-electron chi connectivity index (χ3n) is 3.93. The van der Waals surface area contributed by atoms with Gasteiger partial charge in [-0.2, -0.15) is 13.2 Å². The standard InChI is InChI=1S/C14H19F3N2O/c1-9-8-10(14(15,16)17)4-5-11(9)12(19-18)13(2)6-3-7-20-13/h4-5,8,12,19H,3,6-7,18H2,1-2H3. The number of benzene rings is 1. The van der Waals surface area contributed by atoms with Gasteiger partial charge >= 0.3 is 6.18 Å². The predicted molar refractivity (Wildman–Crippen MR) is 69.8 cm³/mol. The number of halogens is 3. The highest BCUT2D eigenvalue weighted by Crippen LogP contribution is 2.39. The molecule has 0 aliphatic carbocycles. The van der Waals surface area contributed by atoms with Gasteiger partial charge in [-0.15, -0.1) is 0 Å². The molecule has 0 aromatic heterocycles. The van der Waals surface area contributed by atoms with E-state index in [1.807, 2.05) is 6.92 Å². The zero-order chi connectivity index (χ0) is 15.0. The number of ether oxygens (including phenoxy) is 1. The van der Waals surface area contributed by atoms with E-state index >= 15 is 0 Å². The van der Waals surface area contributed by atoms with Crippen LogP contribution in [0, 0.1) is 6.92 Å². The molecule has 6 heteroatoms. The van der Waals surface area contributed by atoms with Gasteiger partial charge in [0.1, 0.15) is 0 Å². The lowest BCUT2D eigenvalue weighted by atomic mass is 9.85. The molecule has 2 unspecified atom stereocenters. The van der Waals surface area contributed by atoms with Crippen LogP contribution in [0.4, 0.5) is 13.2 Å². The van der Waals surface area contributed by atoms with Crippen molar-refractivity contribution in [3.8, 4) is 0 Å². The van der Waals surface area contributed by atoms with E-state index in [-0.39, 0.29) is 6.04 Å². The lowest BCUT2D eigenvalue weighted by molar-refractivity contribution is -0.137. The lowest BCUT2D eigenvalue weighted by Gasteiger charge is -2.34. The molecular weight excluding hydrogens is 269 g/mol. The van der Waals surface area contributed by atoms with Crippen LogP contribution in [-0.2, 0) is 10.9 Å². The van der Waals surface area contributed by atoms with E-state index < -0.39 is 17.3 Å². The molecule has 2 atom stereocenters. The topological polar surface area (TPSA) is 47.3 Å². The predicted octanol–water partition coefficient (Wildman–Crippen LogP) is 3.09. The molecule has 1 aliphatic heterocycles. The Balaban J connectivity index is 2.36. The first kappa shape index (κ1) is 15.3. The van der Waals surface area contributed by atoms with E-state index in [0.717, 1.165) is 30.5 Å². The van der Waals surface area contributed by atoms with Crippen molar-refractivity contribution >= 4 is 0 Å². The Morgan fingerprint density at radius 3 is 2.55 bits per heavy atom. The van der Waals surface area contributed by atoms with E-state index in [1.54, 1.807) is 6.92 Å². The van der Waals surface area contributed by atoms with Gasteiger partial charge in [-0.05, 0) is 49.9 Å². The summed E-state index contributed by atoms with van der Waals surface area (Å²) in [5.74, 6) is 5.61. The summed E-state index contributed by atoms with van der Waals surface area (Å²) in [6.07, 6.45) is -2.58. The van der Waals surface area contributed by atoms with Crippen molar-refractivity contribution in [1.82, 2.24) is 5.43 Å². The first-order chi connectivity index (χ1) is 9.28. The van der Waals surface area contributed by atoms with Crippen LogP contribution in [-0.4, -0.2) is 12.2 Å². The van der Waals surface area contributed by atoms with Crippen molar-refractivity contribution in [2.75, 3.05) is 6.61 Å². The van der Waals surface area contributed by atoms with Crippen molar-refractivity contribution < 1.29 is 17.9 Å². The van der Waals surface area contributed by atoms with Crippen LogP contribution in [0.2, 0.25) is 0 Å². The normalized spacial score (nSPS) is 24.9. The molecular formula is C14H19F3N2O. The number of nitrogens with two attached hydrogens (primary N) is 1. The summed E-state index contributed by atoms with van der Waals surface area (Å²) < 4.78 is 43.8. The van der Waals surface area contributed by atoms with Gasteiger partial charge in [-0.1, -0.05) is 6.07 Å². The summed E-state index contributed by atoms with van der Waals surface area (Å²) in [6, 6.07) is 3.39. The van der Waals surface area contributed by atoms with Crippen molar-refractivity contribution in [1.29, 1.82) is 0 Å². The Kier molecular flexibility index (Phi) is 4.09. The number of aryl methyl sites for hydroxylation is 1. The van der Waals surface area contributed by atoms with Gasteiger partial charge in [0.15, 0.2) is 0 Å². The number of nitrogens with one attached hydrogen (secondary N) is 1. The highest BCUT2D eigenvalue weighted by molar-refractivity contribution is 5.36. The summed E-state index contributed by atoms with van der Waals surface area (Å²) in [4.78, 5) is 0. The molecule has 0 saturated carbocycles. The summed E-state index contributed by atoms with van der Waals surface area (Å²) in [5.41, 5.74) is 2.86. The average Bonchev–Trinajstić information content (AvgIpc) is 2.78. The molecule has 3 N–H and O–H groups in total. The Morgan fingerprint density at radius 1 is 1.40 bits per heavy atom. The molecule has 3 nitrogen and oxygen atoms in total. The van der Waals surface area contributed by atoms with Gasteiger partial charge < -0.3 is 4.74 Å². The van der Waals surface area contributed by atoms with Gasteiger partial charge in [0.05, 0.1) is 17.2 Å². The van der Waals surface area contributed by atoms with Crippen LogP contribution in [0.25, 0.3) is 0 Å². The number of hydrogen-bond acceptors (Lipinski definition) is 3. The average molecular weight is 288 g/mol. The van der Waals surface area contributed by atoms with Crippen LogP contribution < -0.4 is 11.3 Å². The molecule has 0 amide bonds. The zero-order valence-corrected chi connectivity index (χ0v) is 11.6. The number of hydrazine groups is 1. The maximum Gasteiger partial charge on any atom is 0.416 e. The molecule has 112 valence electrons. The Morgan fingerprint density at radius 2 is 2.10 bits per heavy atom. The van der Waals surface area contributed by atoms with E-state index in [2.05, 4.69) is 5.43 Å². The van der Waals surface area contributed by atoms with E-state index in [4.69, 9.17) is 10.6 Å². The Hall–Kier alpha value is -1.11. The molecule has 20 heavy (non-hydrogen) atoms. The van der Waals surface area contributed by atoms with Gasteiger partial charge in [0, 0.05) is 6.61 Å². The van der Waals surface area contributed by atoms with Gasteiger partial charge in [0.25, 0.3) is 0 Å². The molecule has 0 radical (unpaired) electrons. The molecule has 1 aliphatic rings. The minimum Gasteiger partial charge on any atom is -0.373 e. The van der Waals surface area contributed by atoms with Crippen molar-refractivity contribution in [2.45, 2.75) is 44.5 Å². The molecule has 1 fully saturated rings. The van der Waals surface area contributed by atoms with Crippen molar-refractivity contribution in [2.24, 2.45) is 5.84 Å². The fraction of sp³-hybridized carbons (Fsp3) is 0.571. The van der Waals surface area contributed by atoms with Gasteiger partial charge in [0.2, 0.25) is 0 Å². The first-order valence-corrected chi connectivity index (χ1v) is 6.56. The van der Waals surface area contributed by atoms with E-state index in [0.29, 0.717) is 12.2 Å². The number of hydrogen-bond donors (Lipinski definition) is 2. The Bertz CT molecular complexity index is 482. The van der Waals surface area contributed by atoms with E-state index in [9.17, 15) is 13.2 Å². The minimum atomic E-state index is -4.33. The van der Waals surface area contributed by atoms with Crippen molar-refractivity contribution in [3.05, 3.63) is 34.9 Å². The third-order valence-corrected chi connectivity index (χ3v) is 3.93. The maximum atomic E-state index is 12.7. The van der Waals surface area contributed by atoms with Crippen LogP contribution in [0.3, 0.4) is 0 Å². The lowest BCUT2D eigenvalue weighted by Crippen LogP contribution is -2.44.